The van der Waals surface area contributed by atoms with Crippen LogP contribution in [0.4, 0.5) is 0 Å². The molecule has 0 spiro atoms. The fraction of sp³-hybridized carbons (Fsp3) is 0.900. The van der Waals surface area contributed by atoms with Gasteiger partial charge in [0.25, 0.3) is 0 Å². The molecule has 1 heterocycles. The molecule has 13 heavy (non-hydrogen) atoms. The summed E-state index contributed by atoms with van der Waals surface area (Å²) in [6, 6.07) is 0. The molecular weight excluding hydrogens is 184 g/mol. The van der Waals surface area contributed by atoms with Crippen molar-refractivity contribution in [2.75, 3.05) is 26.2 Å². The Morgan fingerprint density at radius 2 is 2.15 bits per heavy atom. The third-order valence-corrected chi connectivity index (χ3v) is 2.84. The molecule has 3 heteroatoms. The van der Waals surface area contributed by atoms with Gasteiger partial charge in [0.05, 0.1) is 26.2 Å². The van der Waals surface area contributed by atoms with E-state index < -0.39 is 0 Å². The van der Waals surface area contributed by atoms with Crippen molar-refractivity contribution in [3.8, 4) is 0 Å². The maximum Gasteiger partial charge on any atom is 0.345 e. The predicted molar refractivity (Wildman–Crippen MR) is 57.6 cm³/mol. The average molecular weight is 204 g/mol. The Labute approximate surface area is 86.2 Å². The van der Waals surface area contributed by atoms with Crippen molar-refractivity contribution in [3.63, 3.8) is 0 Å². The largest absolute Gasteiger partial charge is 0.345 e. The fourth-order valence-corrected chi connectivity index (χ4v) is 2.12. The molecule has 1 aliphatic rings. The monoisotopic (exact) mass is 203 g/mol. The molecule has 0 amide bonds. The molecule has 0 aromatic rings. The lowest BCUT2D eigenvalue weighted by molar-refractivity contribution is -0.535. The zero-order valence-corrected chi connectivity index (χ0v) is 9.48. The van der Waals surface area contributed by atoms with Crippen LogP contribution in [0.5, 0.6) is 0 Å². The zero-order chi connectivity index (χ0) is 9.68. The Morgan fingerprint density at radius 1 is 1.38 bits per heavy atom. The molecule has 0 saturated carbocycles. The number of hydrogen-bond donors (Lipinski definition) is 0. The number of hydrogen-bond acceptors (Lipinski definition) is 1. The highest BCUT2D eigenvalue weighted by Crippen LogP contribution is 2.07. The molecule has 0 atom stereocenters. The van der Waals surface area contributed by atoms with Gasteiger partial charge in [-0.3, -0.25) is 9.48 Å². The van der Waals surface area contributed by atoms with Crippen LogP contribution in [0.2, 0.25) is 0 Å². The van der Waals surface area contributed by atoms with Gasteiger partial charge in [-0.25, -0.2) is 0 Å². The Balaban J connectivity index is 2.61. The van der Waals surface area contributed by atoms with Crippen molar-refractivity contribution in [2.45, 2.75) is 33.1 Å². The van der Waals surface area contributed by atoms with Gasteiger partial charge in [-0.15, -0.1) is 0 Å². The molecular formula is C10H20ClN2+. The fourth-order valence-electron chi connectivity index (χ4n) is 1.78. The Morgan fingerprint density at radius 3 is 2.77 bits per heavy atom. The highest BCUT2D eigenvalue weighted by Gasteiger charge is 2.24. The van der Waals surface area contributed by atoms with E-state index in [4.69, 9.17) is 11.6 Å². The van der Waals surface area contributed by atoms with Gasteiger partial charge in [0.2, 0.25) is 0 Å². The van der Waals surface area contributed by atoms with Crippen molar-refractivity contribution >= 4 is 16.9 Å². The Bertz CT molecular complexity index is 189. The second kappa shape index (κ2) is 5.48. The summed E-state index contributed by atoms with van der Waals surface area (Å²) in [5.74, 6) is 0. The summed E-state index contributed by atoms with van der Waals surface area (Å²) >= 11 is 6.27. The molecule has 0 aromatic heterocycles. The van der Waals surface area contributed by atoms with Crippen LogP contribution in [-0.4, -0.2) is 40.9 Å². The van der Waals surface area contributed by atoms with E-state index in [1.807, 2.05) is 0 Å². The molecule has 1 rings (SSSR count). The summed E-state index contributed by atoms with van der Waals surface area (Å²) in [5, 5.41) is 0.968. The van der Waals surface area contributed by atoms with Crippen LogP contribution in [0.25, 0.3) is 0 Å². The third kappa shape index (κ3) is 2.87. The topological polar surface area (TPSA) is 6.25 Å². The van der Waals surface area contributed by atoms with Crippen LogP contribution in [0, 0.1) is 0 Å². The van der Waals surface area contributed by atoms with E-state index in [9.17, 15) is 0 Å². The van der Waals surface area contributed by atoms with E-state index in [0.717, 1.165) is 31.5 Å². The van der Waals surface area contributed by atoms with Gasteiger partial charge in [0, 0.05) is 18.0 Å². The quantitative estimate of drug-likeness (QED) is 0.501. The van der Waals surface area contributed by atoms with Crippen LogP contribution in [0.15, 0.2) is 0 Å². The molecule has 0 N–H and O–H groups in total. The number of nitrogens with zero attached hydrogens (tertiary/aromatic N) is 2. The lowest BCUT2D eigenvalue weighted by Crippen LogP contribution is -2.42. The molecule has 0 aromatic carbocycles. The normalized spacial score (nSPS) is 18.2. The summed E-state index contributed by atoms with van der Waals surface area (Å²) in [6.45, 7) is 8.85. The van der Waals surface area contributed by atoms with Gasteiger partial charge in [-0.1, -0.05) is 13.8 Å². The van der Waals surface area contributed by atoms with Crippen LogP contribution < -0.4 is 0 Å². The van der Waals surface area contributed by atoms with Crippen LogP contribution >= 0.6 is 11.6 Å². The van der Waals surface area contributed by atoms with Gasteiger partial charge in [0.15, 0.2) is 0 Å². The van der Waals surface area contributed by atoms with E-state index in [1.54, 1.807) is 0 Å². The third-order valence-electron chi connectivity index (χ3n) is 2.36. The summed E-state index contributed by atoms with van der Waals surface area (Å²) in [5.41, 5.74) is 0. The first-order chi connectivity index (χ1) is 6.29. The van der Waals surface area contributed by atoms with E-state index >= 15 is 0 Å². The first-order valence-corrected chi connectivity index (χ1v) is 5.69. The van der Waals surface area contributed by atoms with E-state index in [-0.39, 0.29) is 0 Å². The molecule has 76 valence electrons. The number of rotatable bonds is 4. The Kier molecular flexibility index (Phi) is 4.57. The molecule has 0 fully saturated rings. The van der Waals surface area contributed by atoms with Gasteiger partial charge in [0.1, 0.15) is 0 Å². The summed E-state index contributed by atoms with van der Waals surface area (Å²) in [4.78, 5) is 2.29. The van der Waals surface area contributed by atoms with Gasteiger partial charge >= 0.3 is 5.29 Å². The lowest BCUT2D eigenvalue weighted by atomic mass is 10.3. The minimum atomic E-state index is 0.968. The molecule has 0 bridgehead atoms. The summed E-state index contributed by atoms with van der Waals surface area (Å²) in [6.07, 6.45) is 3.60. The first kappa shape index (κ1) is 10.8. The van der Waals surface area contributed by atoms with Gasteiger partial charge in [-0.05, 0) is 12.8 Å². The van der Waals surface area contributed by atoms with Gasteiger partial charge < -0.3 is 0 Å². The standard InChI is InChI=1S/C10H20ClN2/c1-3-6-12-8-5-9-13(7-4-2)10(12)11/h3-9H2,1-2H3/q+1. The zero-order valence-electron chi connectivity index (χ0n) is 8.72. The summed E-state index contributed by atoms with van der Waals surface area (Å²) in [7, 11) is 0. The van der Waals surface area contributed by atoms with Crippen molar-refractivity contribution in [1.82, 2.24) is 4.90 Å². The van der Waals surface area contributed by atoms with Crippen LogP contribution in [0.3, 0.4) is 0 Å². The maximum atomic E-state index is 6.27. The second-order valence-electron chi connectivity index (χ2n) is 3.60. The highest BCUT2D eigenvalue weighted by molar-refractivity contribution is 6.63. The maximum absolute atomic E-state index is 6.27. The number of halogens is 1. The van der Waals surface area contributed by atoms with Crippen molar-refractivity contribution < 1.29 is 4.58 Å². The minimum absolute atomic E-state index is 0.968. The SMILES string of the molecule is CCCN1CCC[N+](CCC)=C1Cl. The van der Waals surface area contributed by atoms with Crippen molar-refractivity contribution in [3.05, 3.63) is 0 Å². The van der Waals surface area contributed by atoms with Gasteiger partial charge in [-0.2, -0.15) is 0 Å². The molecule has 1 aliphatic heterocycles. The molecule has 0 unspecified atom stereocenters. The van der Waals surface area contributed by atoms with Crippen molar-refractivity contribution in [1.29, 1.82) is 0 Å². The average Bonchev–Trinajstić information content (AvgIpc) is 2.13. The molecule has 2 nitrogen and oxygen atoms in total. The van der Waals surface area contributed by atoms with Crippen LogP contribution in [-0.2, 0) is 0 Å². The molecule has 0 aliphatic carbocycles. The smallest absolute Gasteiger partial charge is 0.251 e. The van der Waals surface area contributed by atoms with E-state index in [2.05, 4.69) is 23.3 Å². The molecule has 0 saturated heterocycles. The summed E-state index contributed by atoms with van der Waals surface area (Å²) < 4.78 is 2.29. The first-order valence-electron chi connectivity index (χ1n) is 5.32. The van der Waals surface area contributed by atoms with Crippen molar-refractivity contribution in [2.24, 2.45) is 0 Å². The Hall–Kier alpha value is -0.240. The minimum Gasteiger partial charge on any atom is -0.251 e. The lowest BCUT2D eigenvalue weighted by Gasteiger charge is -2.23. The highest BCUT2D eigenvalue weighted by atomic mass is 35.5. The predicted octanol–water partition coefficient (Wildman–Crippen LogP) is 2.12. The number of amidine groups is 1. The van der Waals surface area contributed by atoms with E-state index in [1.165, 1.54) is 19.3 Å². The van der Waals surface area contributed by atoms with Crippen LogP contribution in [0.1, 0.15) is 33.1 Å². The van der Waals surface area contributed by atoms with E-state index in [0.29, 0.717) is 0 Å². The molecule has 0 radical (unpaired) electrons. The second-order valence-corrected chi connectivity index (χ2v) is 3.93.